The molecular weight excluding hydrogens is 595 g/mol. The van der Waals surface area contributed by atoms with E-state index < -0.39 is 8.80 Å². The highest BCUT2D eigenvalue weighted by Gasteiger charge is 2.38. The molecule has 1 heterocycles. The first kappa shape index (κ1) is 27.8. The maximum absolute atomic E-state index is 5.62. The van der Waals surface area contributed by atoms with Gasteiger partial charge in [0.15, 0.2) is 4.34 Å². The summed E-state index contributed by atoms with van der Waals surface area (Å²) in [5.41, 5.74) is 3.50. The van der Waals surface area contributed by atoms with Gasteiger partial charge in [-0.05, 0) is 111 Å². The van der Waals surface area contributed by atoms with Gasteiger partial charge in [0.25, 0.3) is 0 Å². The van der Waals surface area contributed by atoms with Crippen LogP contribution in [0.5, 0.6) is 0 Å². The van der Waals surface area contributed by atoms with Crippen LogP contribution in [-0.4, -0.2) is 35.1 Å². The lowest BCUT2D eigenvalue weighted by molar-refractivity contribution is 0.122. The number of hydrogen-bond donors (Lipinski definition) is 0. The highest BCUT2D eigenvalue weighted by Crippen LogP contribution is 2.59. The van der Waals surface area contributed by atoms with Gasteiger partial charge in [-0.25, -0.2) is 4.98 Å². The molecule has 0 bridgehead atoms. The smallest absolute Gasteiger partial charge is 0.377 e. The Hall–Kier alpha value is 1.23. The monoisotopic (exact) mass is 615 g/mol. The van der Waals surface area contributed by atoms with Gasteiger partial charge in [-0.1, -0.05) is 29.8 Å². The van der Waals surface area contributed by atoms with Crippen molar-refractivity contribution in [3.05, 3.63) is 53.6 Å². The maximum Gasteiger partial charge on any atom is 0.504 e. The maximum atomic E-state index is 5.62. The first-order chi connectivity index (χ1) is 15.6. The van der Waals surface area contributed by atoms with Crippen LogP contribution in [0, 0.1) is 6.92 Å². The summed E-state index contributed by atoms with van der Waals surface area (Å²) in [6, 6.07) is 15.4. The van der Waals surface area contributed by atoms with Crippen LogP contribution in [-0.2, 0) is 19.3 Å². The Morgan fingerprint density at radius 2 is 1.50 bits per heavy atom. The van der Waals surface area contributed by atoms with Gasteiger partial charge in [0.2, 0.25) is 0 Å². The average molecular weight is 616 g/mol. The van der Waals surface area contributed by atoms with Crippen molar-refractivity contribution >= 4 is 111 Å². The number of rotatable bonds is 14. The van der Waals surface area contributed by atoms with Crippen LogP contribution in [0.15, 0.2) is 51.7 Å². The molecule has 0 radical (unpaired) electrons. The Balaban J connectivity index is 1.38. The van der Waals surface area contributed by atoms with Gasteiger partial charge in [0, 0.05) is 32.3 Å². The minimum Gasteiger partial charge on any atom is -0.377 e. The van der Waals surface area contributed by atoms with E-state index in [1.165, 1.54) is 20.7 Å². The second kappa shape index (κ2) is 14.7. The zero-order valence-corrected chi connectivity index (χ0v) is 25.9. The second-order valence-electron chi connectivity index (χ2n) is 6.11. The molecule has 0 aliphatic carbocycles. The minimum atomic E-state index is -2.67. The Bertz CT molecular complexity index is 948. The molecule has 3 aromatic rings. The van der Waals surface area contributed by atoms with Crippen molar-refractivity contribution in [3.8, 4) is 0 Å². The van der Waals surface area contributed by atoms with Gasteiger partial charge in [0.1, 0.15) is 0 Å². The van der Waals surface area contributed by atoms with Crippen LogP contribution in [0.4, 0.5) is 0 Å². The fourth-order valence-corrected chi connectivity index (χ4v) is 22.6. The summed E-state index contributed by atoms with van der Waals surface area (Å²) < 4.78 is 19.2. The van der Waals surface area contributed by atoms with E-state index >= 15 is 0 Å². The molecule has 0 N–H and O–H groups in total. The lowest BCUT2D eigenvalue weighted by Gasteiger charge is -2.25. The number of fused-ring (bicyclic) bond motifs is 1. The molecule has 0 amide bonds. The zero-order valence-electron chi connectivity index (χ0n) is 17.6. The summed E-state index contributed by atoms with van der Waals surface area (Å²) in [5, 5.41) is 0. The molecule has 0 aliphatic heterocycles. The van der Waals surface area contributed by atoms with E-state index in [1.54, 1.807) is 113 Å². The third-order valence-corrected chi connectivity index (χ3v) is 23.2. The number of aryl methyl sites for hydroxylation is 1. The lowest BCUT2D eigenvalue weighted by Crippen LogP contribution is -2.45. The fraction of sp³-hybridized carbons (Fsp3) is 0.278. The Morgan fingerprint density at radius 3 is 2.19 bits per heavy atom. The van der Waals surface area contributed by atoms with Crippen molar-refractivity contribution in [3.63, 3.8) is 0 Å². The number of aromatic nitrogens is 1. The molecule has 0 saturated heterocycles. The summed E-state index contributed by atoms with van der Waals surface area (Å²) in [7, 11) is 16.4. The van der Waals surface area contributed by atoms with Gasteiger partial charge in [0.05, 0.1) is 10.2 Å². The normalized spacial score (nSPS) is 12.0. The molecule has 0 aliphatic rings. The number of nitrogens with zero attached hydrogens (tertiary/aromatic N) is 1. The predicted octanol–water partition coefficient (Wildman–Crippen LogP) is 9.25. The summed E-state index contributed by atoms with van der Waals surface area (Å²) in [6.07, 6.45) is 0. The fourth-order valence-electron chi connectivity index (χ4n) is 2.65. The standard InChI is InChI=1S/C18H21NO3S9Si/c1-13-9-10-16(14(11-13)12-32(20-2,21-3)22-4)24-26-28-30-31-29-27-25-18-19-15-7-5-6-8-17(15)23-18/h5-11H,12H2,1-4H3. The van der Waals surface area contributed by atoms with Crippen molar-refractivity contribution in [2.24, 2.45) is 0 Å². The molecule has 174 valence electrons. The molecule has 0 unspecified atom stereocenters. The highest BCUT2D eigenvalue weighted by atomic mass is 34.0. The summed E-state index contributed by atoms with van der Waals surface area (Å²) >= 11 is 1.74. The topological polar surface area (TPSA) is 40.6 Å². The van der Waals surface area contributed by atoms with Crippen LogP contribution >= 0.6 is 91.9 Å². The van der Waals surface area contributed by atoms with Crippen LogP contribution in [0.2, 0.25) is 0 Å². The zero-order chi connectivity index (χ0) is 22.8. The molecule has 2 aromatic carbocycles. The molecule has 32 heavy (non-hydrogen) atoms. The second-order valence-corrected chi connectivity index (χ2v) is 23.1. The number of benzene rings is 2. The Morgan fingerprint density at radius 1 is 0.844 bits per heavy atom. The van der Waals surface area contributed by atoms with E-state index in [1.807, 2.05) is 6.07 Å². The van der Waals surface area contributed by atoms with Gasteiger partial charge in [-0.3, -0.25) is 0 Å². The van der Waals surface area contributed by atoms with Crippen molar-refractivity contribution < 1.29 is 13.3 Å². The quantitative estimate of drug-likeness (QED) is 0.0986. The molecule has 0 spiro atoms. The largest absolute Gasteiger partial charge is 0.504 e. The Kier molecular flexibility index (Phi) is 12.8. The average Bonchev–Trinajstić information content (AvgIpc) is 3.23. The van der Waals surface area contributed by atoms with Crippen molar-refractivity contribution in [1.82, 2.24) is 4.98 Å². The van der Waals surface area contributed by atoms with Crippen LogP contribution < -0.4 is 0 Å². The molecule has 14 heteroatoms. The predicted molar refractivity (Wildman–Crippen MR) is 159 cm³/mol. The van der Waals surface area contributed by atoms with Crippen LogP contribution in [0.3, 0.4) is 0 Å². The number of thiazole rings is 1. The highest BCUT2D eigenvalue weighted by molar-refractivity contribution is 9.48. The van der Waals surface area contributed by atoms with Gasteiger partial charge in [-0.2, -0.15) is 0 Å². The first-order valence-corrected chi connectivity index (χ1v) is 21.9. The van der Waals surface area contributed by atoms with Crippen molar-refractivity contribution in [1.29, 1.82) is 0 Å². The van der Waals surface area contributed by atoms with Gasteiger partial charge in [-0.15, -0.1) is 11.3 Å². The van der Waals surface area contributed by atoms with E-state index in [0.29, 0.717) is 6.04 Å². The van der Waals surface area contributed by atoms with Crippen LogP contribution in [0.25, 0.3) is 10.2 Å². The third-order valence-electron chi connectivity index (χ3n) is 4.20. The SMILES string of the molecule is CO[Si](Cc1cc(C)ccc1SSSSSSSSc1nc2ccccc2s1)(OC)OC. The van der Waals surface area contributed by atoms with Crippen molar-refractivity contribution in [2.45, 2.75) is 22.2 Å². The van der Waals surface area contributed by atoms with Crippen LogP contribution in [0.1, 0.15) is 11.1 Å². The summed E-state index contributed by atoms with van der Waals surface area (Å²) in [6.45, 7) is 2.10. The molecule has 0 saturated carbocycles. The lowest BCUT2D eigenvalue weighted by atomic mass is 10.2. The number of para-hydroxylation sites is 1. The Labute approximate surface area is 224 Å². The van der Waals surface area contributed by atoms with E-state index in [4.69, 9.17) is 13.3 Å². The minimum absolute atomic E-state index is 0.656. The molecule has 0 fully saturated rings. The molecule has 1 aromatic heterocycles. The molecule has 4 nitrogen and oxygen atoms in total. The van der Waals surface area contributed by atoms with E-state index in [0.717, 1.165) is 9.86 Å². The van der Waals surface area contributed by atoms with Crippen molar-refractivity contribution in [2.75, 3.05) is 21.3 Å². The molecular formula is C18H21NO3S9Si. The summed E-state index contributed by atoms with van der Waals surface area (Å²) in [4.78, 5) is 5.86. The van der Waals surface area contributed by atoms with E-state index in [9.17, 15) is 0 Å². The van der Waals surface area contributed by atoms with E-state index in [-0.39, 0.29) is 0 Å². The van der Waals surface area contributed by atoms with E-state index in [2.05, 4.69) is 48.3 Å². The number of hydrogen-bond acceptors (Lipinski definition) is 13. The molecule has 3 rings (SSSR count). The third kappa shape index (κ3) is 8.42. The van der Waals surface area contributed by atoms with Gasteiger partial charge < -0.3 is 13.3 Å². The molecule has 0 atom stereocenters. The summed E-state index contributed by atoms with van der Waals surface area (Å²) in [5.74, 6) is 0. The first-order valence-electron chi connectivity index (χ1n) is 9.04. The van der Waals surface area contributed by atoms with Gasteiger partial charge >= 0.3 is 8.80 Å².